The van der Waals surface area contributed by atoms with Gasteiger partial charge in [-0.05, 0) is 44.4 Å². The molecule has 5 heteroatoms. The Morgan fingerprint density at radius 2 is 2.10 bits per heavy atom. The van der Waals surface area contributed by atoms with E-state index < -0.39 is 22.8 Å². The second kappa shape index (κ2) is 4.33. The van der Waals surface area contributed by atoms with Crippen LogP contribution >= 0.6 is 0 Å². The van der Waals surface area contributed by atoms with Crippen molar-refractivity contribution in [3.63, 3.8) is 0 Å². The summed E-state index contributed by atoms with van der Waals surface area (Å²) in [6.45, 7) is 3.58. The molecule has 4 saturated carbocycles. The molecule has 4 rings (SSSR count). The number of carbonyl (C=O) groups excluding carboxylic acids is 1. The molecule has 0 aliphatic heterocycles. The lowest BCUT2D eigenvalue weighted by Crippen LogP contribution is -2.60. The minimum absolute atomic E-state index is 0.201. The molecule has 21 heavy (non-hydrogen) atoms. The molecule has 0 aromatic carbocycles. The number of carbonyl (C=O) groups is 2. The van der Waals surface area contributed by atoms with Gasteiger partial charge in [0, 0.05) is 11.5 Å². The smallest absolute Gasteiger partial charge is 0.330 e. The van der Waals surface area contributed by atoms with Gasteiger partial charge in [0.25, 0.3) is 0 Å². The van der Waals surface area contributed by atoms with Crippen LogP contribution in [0.2, 0.25) is 0 Å². The number of hydrogen-bond acceptors (Lipinski definition) is 4. The third kappa shape index (κ3) is 2.05. The SMILES string of the molecule is C=CC(=O)OCC12CC3CC(C#N)(C1)CC(C(=O)O)(C3)C2. The Bertz CT molecular complexity index is 565. The van der Waals surface area contributed by atoms with E-state index in [1.807, 2.05) is 0 Å². The van der Waals surface area contributed by atoms with Gasteiger partial charge >= 0.3 is 11.9 Å². The van der Waals surface area contributed by atoms with Gasteiger partial charge in [0.15, 0.2) is 0 Å². The standard InChI is InChI=1S/C16H19NO4/c1-2-12(18)21-10-15-4-11-3-14(6-15,9-17)7-16(5-11,8-15)13(19)20/h2,11H,1,3-8,10H2,(H,19,20). The number of rotatable bonds is 4. The van der Waals surface area contributed by atoms with Gasteiger partial charge in [-0.15, -0.1) is 0 Å². The van der Waals surface area contributed by atoms with E-state index in [1.165, 1.54) is 0 Å². The van der Waals surface area contributed by atoms with E-state index in [0.717, 1.165) is 18.9 Å². The minimum Gasteiger partial charge on any atom is -0.481 e. The van der Waals surface area contributed by atoms with Crippen LogP contribution in [0.15, 0.2) is 12.7 Å². The normalized spacial score (nSPS) is 43.1. The van der Waals surface area contributed by atoms with Gasteiger partial charge in [0.1, 0.15) is 0 Å². The Morgan fingerprint density at radius 3 is 2.71 bits per heavy atom. The lowest BCUT2D eigenvalue weighted by atomic mass is 9.40. The van der Waals surface area contributed by atoms with Gasteiger partial charge < -0.3 is 9.84 Å². The van der Waals surface area contributed by atoms with Gasteiger partial charge in [-0.2, -0.15) is 5.26 Å². The molecular formula is C16H19NO4. The summed E-state index contributed by atoms with van der Waals surface area (Å²) in [5.41, 5.74) is -1.72. The maximum absolute atomic E-state index is 11.8. The molecular weight excluding hydrogens is 270 g/mol. The zero-order chi connectivity index (χ0) is 15.3. The third-order valence-electron chi connectivity index (χ3n) is 5.56. The van der Waals surface area contributed by atoms with E-state index in [1.54, 1.807) is 0 Å². The molecule has 112 valence electrons. The first-order valence-corrected chi connectivity index (χ1v) is 7.31. The van der Waals surface area contributed by atoms with Crippen molar-refractivity contribution in [1.82, 2.24) is 0 Å². The number of nitriles is 1. The molecule has 4 aliphatic rings. The lowest BCUT2D eigenvalue weighted by Gasteiger charge is -2.62. The zero-order valence-corrected chi connectivity index (χ0v) is 11.9. The Labute approximate surface area is 123 Å². The number of aliphatic carboxylic acids is 1. The Hall–Kier alpha value is -1.83. The minimum atomic E-state index is -0.810. The summed E-state index contributed by atoms with van der Waals surface area (Å²) in [5.74, 6) is -1.04. The van der Waals surface area contributed by atoms with Gasteiger partial charge in [-0.25, -0.2) is 4.79 Å². The van der Waals surface area contributed by atoms with Gasteiger partial charge in [-0.3, -0.25) is 4.79 Å². The van der Waals surface area contributed by atoms with Gasteiger partial charge in [0.05, 0.1) is 23.5 Å². The van der Waals surface area contributed by atoms with Crippen LogP contribution in [-0.2, 0) is 14.3 Å². The first-order chi connectivity index (χ1) is 9.87. The van der Waals surface area contributed by atoms with Crippen LogP contribution in [0.5, 0.6) is 0 Å². The molecule has 0 aromatic rings. The zero-order valence-electron chi connectivity index (χ0n) is 11.9. The molecule has 0 aromatic heterocycles. The maximum Gasteiger partial charge on any atom is 0.330 e. The quantitative estimate of drug-likeness (QED) is 0.633. The highest BCUT2D eigenvalue weighted by molar-refractivity contribution is 5.81. The van der Waals surface area contributed by atoms with Crippen LogP contribution in [0.1, 0.15) is 38.5 Å². The topological polar surface area (TPSA) is 87.4 Å². The highest BCUT2D eigenvalue weighted by Gasteiger charge is 2.66. The summed E-state index contributed by atoms with van der Waals surface area (Å²) < 4.78 is 5.23. The lowest BCUT2D eigenvalue weighted by molar-refractivity contribution is -0.191. The molecule has 0 amide bonds. The highest BCUT2D eigenvalue weighted by Crippen LogP contribution is 2.69. The Kier molecular flexibility index (Phi) is 2.91. The monoisotopic (exact) mass is 289 g/mol. The molecule has 0 heterocycles. The van der Waals surface area contributed by atoms with Crippen LogP contribution in [0, 0.1) is 33.5 Å². The van der Waals surface area contributed by atoms with E-state index in [9.17, 15) is 20.0 Å². The molecule has 4 bridgehead atoms. The maximum atomic E-state index is 11.8. The first kappa shape index (κ1) is 14.1. The van der Waals surface area contributed by atoms with Crippen molar-refractivity contribution in [2.45, 2.75) is 38.5 Å². The van der Waals surface area contributed by atoms with Crippen molar-refractivity contribution in [1.29, 1.82) is 5.26 Å². The Morgan fingerprint density at radius 1 is 1.33 bits per heavy atom. The van der Waals surface area contributed by atoms with E-state index in [4.69, 9.17) is 4.74 Å². The fourth-order valence-electron chi connectivity index (χ4n) is 5.45. The van der Waals surface area contributed by atoms with E-state index >= 15 is 0 Å². The summed E-state index contributed by atoms with van der Waals surface area (Å²) in [6, 6.07) is 2.39. The number of carboxylic acids is 1. The molecule has 4 fully saturated rings. The highest BCUT2D eigenvalue weighted by atomic mass is 16.5. The van der Waals surface area contributed by atoms with Gasteiger partial charge in [-0.1, -0.05) is 6.58 Å². The second-order valence-corrected chi connectivity index (χ2v) is 7.30. The molecule has 4 aliphatic carbocycles. The average Bonchev–Trinajstić information content (AvgIpc) is 2.43. The molecule has 0 saturated heterocycles. The van der Waals surface area contributed by atoms with Crippen molar-refractivity contribution in [3.05, 3.63) is 12.7 Å². The number of carboxylic acid groups (broad SMARTS) is 1. The molecule has 4 atom stereocenters. The molecule has 1 N–H and O–H groups in total. The van der Waals surface area contributed by atoms with Crippen LogP contribution < -0.4 is 0 Å². The molecule has 5 nitrogen and oxygen atoms in total. The summed E-state index contributed by atoms with van der Waals surface area (Å²) in [4.78, 5) is 23.2. The van der Waals surface area contributed by atoms with Crippen molar-refractivity contribution in [2.24, 2.45) is 22.2 Å². The van der Waals surface area contributed by atoms with Crippen LogP contribution in [-0.4, -0.2) is 23.7 Å². The predicted molar refractivity (Wildman–Crippen MR) is 72.9 cm³/mol. The molecule has 0 radical (unpaired) electrons. The van der Waals surface area contributed by atoms with Crippen LogP contribution in [0.4, 0.5) is 0 Å². The summed E-state index contributed by atoms with van der Waals surface area (Å²) in [6.07, 6.45) is 5.02. The van der Waals surface area contributed by atoms with Crippen molar-refractivity contribution in [2.75, 3.05) is 6.61 Å². The van der Waals surface area contributed by atoms with Crippen molar-refractivity contribution >= 4 is 11.9 Å². The molecule has 0 spiro atoms. The summed E-state index contributed by atoms with van der Waals surface area (Å²) in [5, 5.41) is 19.3. The average molecular weight is 289 g/mol. The number of ether oxygens (including phenoxy) is 1. The second-order valence-electron chi connectivity index (χ2n) is 7.30. The summed E-state index contributed by atoms with van der Waals surface area (Å²) >= 11 is 0. The largest absolute Gasteiger partial charge is 0.481 e. The Balaban J connectivity index is 1.92. The van der Waals surface area contributed by atoms with E-state index in [-0.39, 0.29) is 17.9 Å². The van der Waals surface area contributed by atoms with Crippen molar-refractivity contribution in [3.8, 4) is 6.07 Å². The number of hydrogen-bond donors (Lipinski definition) is 1. The first-order valence-electron chi connectivity index (χ1n) is 7.31. The third-order valence-corrected chi connectivity index (χ3v) is 5.56. The van der Waals surface area contributed by atoms with E-state index in [2.05, 4.69) is 12.6 Å². The van der Waals surface area contributed by atoms with Crippen LogP contribution in [0.25, 0.3) is 0 Å². The fourth-order valence-corrected chi connectivity index (χ4v) is 5.45. The molecule has 4 unspecified atom stereocenters. The van der Waals surface area contributed by atoms with Crippen LogP contribution in [0.3, 0.4) is 0 Å². The number of esters is 1. The predicted octanol–water partition coefficient (Wildman–Crippen LogP) is 2.28. The number of nitrogens with zero attached hydrogens (tertiary/aromatic N) is 1. The van der Waals surface area contributed by atoms with Gasteiger partial charge in [0.2, 0.25) is 0 Å². The fraction of sp³-hybridized carbons (Fsp3) is 0.688. The summed E-state index contributed by atoms with van der Waals surface area (Å²) in [7, 11) is 0. The van der Waals surface area contributed by atoms with Crippen molar-refractivity contribution < 1.29 is 19.4 Å². The van der Waals surface area contributed by atoms with E-state index in [0.29, 0.717) is 25.7 Å².